The van der Waals surface area contributed by atoms with Gasteiger partial charge in [-0.05, 0) is 5.56 Å². The topological polar surface area (TPSA) is 76.1 Å². The van der Waals surface area contributed by atoms with Crippen LogP contribution in [-0.2, 0) is 20.9 Å². The van der Waals surface area contributed by atoms with E-state index in [1.54, 1.807) is 0 Å². The number of alkyl halides is 1. The number of carbonyl (C=O) groups is 2. The number of hydrogen-bond acceptors (Lipinski definition) is 5. The van der Waals surface area contributed by atoms with Gasteiger partial charge in [0.05, 0.1) is 18.7 Å². The normalized spacial score (nSPS) is 31.4. The fourth-order valence-corrected chi connectivity index (χ4v) is 4.63. The van der Waals surface area contributed by atoms with Crippen LogP contribution in [0.4, 0.5) is 4.79 Å². The van der Waals surface area contributed by atoms with Crippen LogP contribution in [0.25, 0.3) is 0 Å². The predicted molar refractivity (Wildman–Crippen MR) is 84.9 cm³/mol. The number of rotatable bonds is 4. The van der Waals surface area contributed by atoms with Crippen LogP contribution in [-0.4, -0.2) is 51.7 Å². The van der Waals surface area contributed by atoms with E-state index in [9.17, 15) is 14.7 Å². The molecule has 3 aliphatic rings. The van der Waals surface area contributed by atoms with E-state index in [1.165, 1.54) is 11.8 Å². The molecule has 124 valence electrons. The summed E-state index contributed by atoms with van der Waals surface area (Å²) in [6.07, 6.45) is -0.891. The smallest absolute Gasteiger partial charge is 0.410 e. The molecule has 5 unspecified atom stereocenters. The van der Waals surface area contributed by atoms with Crippen molar-refractivity contribution in [3.8, 4) is 0 Å². The van der Waals surface area contributed by atoms with Crippen molar-refractivity contribution >= 4 is 28.0 Å². The lowest BCUT2D eigenvalue weighted by atomic mass is 9.79. The Morgan fingerprint density at radius 1 is 1.30 bits per heavy atom. The van der Waals surface area contributed by atoms with E-state index >= 15 is 0 Å². The summed E-state index contributed by atoms with van der Waals surface area (Å²) < 4.78 is 10.6. The summed E-state index contributed by atoms with van der Waals surface area (Å²) in [5, 5.41) is 9.63. The molecule has 6 nitrogen and oxygen atoms in total. The fourth-order valence-electron chi connectivity index (χ4n) is 3.42. The van der Waals surface area contributed by atoms with Crippen molar-refractivity contribution in [2.75, 3.05) is 6.61 Å². The van der Waals surface area contributed by atoms with Crippen molar-refractivity contribution in [3.05, 3.63) is 35.9 Å². The Morgan fingerprint density at radius 2 is 2.00 bits per heavy atom. The number of amides is 1. The number of ether oxygens (including phenoxy) is 2. The Kier molecular flexibility index (Phi) is 4.59. The van der Waals surface area contributed by atoms with Crippen LogP contribution in [0.15, 0.2) is 30.3 Å². The highest BCUT2D eigenvalue weighted by atomic mass is 79.9. The van der Waals surface area contributed by atoms with Gasteiger partial charge in [-0.25, -0.2) is 4.79 Å². The van der Waals surface area contributed by atoms with E-state index in [4.69, 9.17) is 9.47 Å². The van der Waals surface area contributed by atoms with Crippen LogP contribution in [0, 0.1) is 5.92 Å². The van der Waals surface area contributed by atoms with Gasteiger partial charge in [0.25, 0.3) is 0 Å². The summed E-state index contributed by atoms with van der Waals surface area (Å²) in [5.74, 6) is -0.501. The molecule has 2 heterocycles. The molecule has 1 N–H and O–H groups in total. The molecule has 1 amide bonds. The summed E-state index contributed by atoms with van der Waals surface area (Å²) in [6.45, 7) is 1.31. The third-order valence-corrected chi connectivity index (χ3v) is 5.59. The molecule has 7 heteroatoms. The predicted octanol–water partition coefficient (Wildman–Crippen LogP) is 1.69. The number of fused-ring (bicyclic) bond motifs is 1. The fraction of sp³-hybridized carbons (Fsp3) is 0.500. The quantitative estimate of drug-likeness (QED) is 0.632. The summed E-state index contributed by atoms with van der Waals surface area (Å²) in [7, 11) is 0. The molecule has 1 saturated carbocycles. The van der Waals surface area contributed by atoms with Crippen molar-refractivity contribution in [1.82, 2.24) is 4.90 Å². The van der Waals surface area contributed by atoms with Gasteiger partial charge in [0.1, 0.15) is 12.7 Å². The van der Waals surface area contributed by atoms with Crippen LogP contribution in [0.5, 0.6) is 0 Å². The number of nitrogens with zero attached hydrogens (tertiary/aromatic N) is 1. The largest absolute Gasteiger partial charge is 0.460 e. The monoisotopic (exact) mass is 383 g/mol. The number of aliphatic hydroxyl groups excluding tert-OH is 1. The van der Waals surface area contributed by atoms with Gasteiger partial charge in [-0.2, -0.15) is 0 Å². The second-order valence-electron chi connectivity index (χ2n) is 5.78. The minimum Gasteiger partial charge on any atom is -0.460 e. The van der Waals surface area contributed by atoms with Gasteiger partial charge in [-0.1, -0.05) is 46.3 Å². The highest BCUT2D eigenvalue weighted by Gasteiger charge is 2.67. The zero-order valence-electron chi connectivity index (χ0n) is 12.6. The third-order valence-electron chi connectivity index (χ3n) is 4.44. The van der Waals surface area contributed by atoms with E-state index < -0.39 is 18.2 Å². The van der Waals surface area contributed by atoms with Gasteiger partial charge in [0, 0.05) is 17.7 Å². The lowest BCUT2D eigenvalue weighted by molar-refractivity contribution is -0.154. The Labute approximate surface area is 142 Å². The first-order chi connectivity index (χ1) is 11.0. The van der Waals surface area contributed by atoms with Crippen LogP contribution >= 0.6 is 15.9 Å². The van der Waals surface area contributed by atoms with Crippen molar-refractivity contribution in [1.29, 1.82) is 0 Å². The number of aliphatic hydroxyl groups is 1. The number of hydrogen-bond donors (Lipinski definition) is 1. The molecule has 0 radical (unpaired) electrons. The lowest BCUT2D eigenvalue weighted by Gasteiger charge is -2.39. The van der Waals surface area contributed by atoms with Gasteiger partial charge in [-0.15, -0.1) is 0 Å². The third kappa shape index (κ3) is 2.83. The first kappa shape index (κ1) is 16.3. The Balaban J connectivity index is 1.68. The summed E-state index contributed by atoms with van der Waals surface area (Å²) in [5.41, 5.74) is 0.889. The highest BCUT2D eigenvalue weighted by Crippen LogP contribution is 2.51. The maximum absolute atomic E-state index is 12.4. The van der Waals surface area contributed by atoms with E-state index in [-0.39, 0.29) is 36.0 Å². The van der Waals surface area contributed by atoms with Gasteiger partial charge in [0.15, 0.2) is 0 Å². The molecule has 3 fully saturated rings. The zero-order chi connectivity index (χ0) is 16.6. The maximum Gasteiger partial charge on any atom is 0.410 e. The summed E-state index contributed by atoms with van der Waals surface area (Å²) in [6, 6.07) is 8.67. The molecule has 2 saturated heterocycles. The van der Waals surface area contributed by atoms with E-state index in [0.717, 1.165) is 5.56 Å². The Hall–Kier alpha value is -1.60. The lowest BCUT2D eigenvalue weighted by Crippen LogP contribution is -2.56. The molecule has 2 aliphatic heterocycles. The average Bonchev–Trinajstić information content (AvgIpc) is 3.04. The van der Waals surface area contributed by atoms with E-state index in [0.29, 0.717) is 0 Å². The molecule has 0 spiro atoms. The van der Waals surface area contributed by atoms with Crippen molar-refractivity contribution in [3.63, 3.8) is 0 Å². The van der Waals surface area contributed by atoms with Crippen LogP contribution < -0.4 is 0 Å². The average molecular weight is 384 g/mol. The highest BCUT2D eigenvalue weighted by molar-refractivity contribution is 9.09. The number of benzene rings is 1. The Morgan fingerprint density at radius 3 is 2.61 bits per heavy atom. The Bertz CT molecular complexity index is 595. The molecule has 23 heavy (non-hydrogen) atoms. The molecule has 5 atom stereocenters. The first-order valence-electron chi connectivity index (χ1n) is 7.45. The van der Waals surface area contributed by atoms with Crippen LogP contribution in [0.2, 0.25) is 0 Å². The zero-order valence-corrected chi connectivity index (χ0v) is 14.2. The van der Waals surface area contributed by atoms with Crippen molar-refractivity contribution in [2.24, 2.45) is 5.92 Å². The second-order valence-corrected chi connectivity index (χ2v) is 6.84. The number of halogens is 1. The van der Waals surface area contributed by atoms with E-state index in [2.05, 4.69) is 15.9 Å². The standard InChI is InChI=1S/C16H18BrNO5/c1-9(20)23-15-12-11(7-19)18(14(15)13(12)17)16(21)22-8-10-5-3-2-4-6-10/h2-6,11-15,19H,7-8H2,1H3. The van der Waals surface area contributed by atoms with Crippen molar-refractivity contribution < 1.29 is 24.2 Å². The molecule has 2 bridgehead atoms. The molecular weight excluding hydrogens is 366 g/mol. The molecule has 4 rings (SSSR count). The van der Waals surface area contributed by atoms with Gasteiger partial charge >= 0.3 is 12.1 Å². The minimum atomic E-state index is -0.500. The molecule has 1 aromatic carbocycles. The SMILES string of the molecule is CC(=O)OC1C2C(Br)C1N(C(=O)OCc1ccccc1)C2CO. The van der Waals surface area contributed by atoms with Gasteiger partial charge in [-0.3, -0.25) is 9.69 Å². The minimum absolute atomic E-state index is 0.00623. The number of carbonyl (C=O) groups excluding carboxylic acids is 2. The summed E-state index contributed by atoms with van der Waals surface area (Å²) in [4.78, 5) is 25.1. The van der Waals surface area contributed by atoms with Crippen LogP contribution in [0.3, 0.4) is 0 Å². The summed E-state index contributed by atoms with van der Waals surface area (Å²) >= 11 is 3.52. The molecule has 1 aliphatic carbocycles. The molecular formula is C16H18BrNO5. The van der Waals surface area contributed by atoms with E-state index in [1.807, 2.05) is 30.3 Å². The van der Waals surface area contributed by atoms with Crippen LogP contribution in [0.1, 0.15) is 12.5 Å². The molecule has 0 aromatic heterocycles. The second kappa shape index (κ2) is 6.49. The number of esters is 1. The maximum atomic E-state index is 12.4. The molecule has 1 aromatic rings. The van der Waals surface area contributed by atoms with Gasteiger partial charge < -0.3 is 14.6 Å². The van der Waals surface area contributed by atoms with Crippen molar-refractivity contribution in [2.45, 2.75) is 36.5 Å². The van der Waals surface area contributed by atoms with Gasteiger partial charge in [0.2, 0.25) is 0 Å². The first-order valence-corrected chi connectivity index (χ1v) is 8.37.